The van der Waals surface area contributed by atoms with Gasteiger partial charge in [-0.25, -0.2) is 0 Å². The standard InChI is InChI=1S/C10H12N4O4/c1-3-4-7(6(2)15)11-10(16)8-5-9(13-12-8)14(17)18/h3-5,15H,1-2H3,(H,11,16)(H,12,13)/b4-3-,7-6-. The minimum absolute atomic E-state index is 0.0773. The van der Waals surface area contributed by atoms with Gasteiger partial charge in [-0.1, -0.05) is 11.2 Å². The second kappa shape index (κ2) is 5.62. The molecular formula is C10H12N4O4. The van der Waals surface area contributed by atoms with Crippen LogP contribution < -0.4 is 5.32 Å². The first-order chi connectivity index (χ1) is 8.45. The van der Waals surface area contributed by atoms with Gasteiger partial charge in [0, 0.05) is 0 Å². The fourth-order valence-corrected chi connectivity index (χ4v) is 1.13. The number of allylic oxidation sites excluding steroid dienone is 3. The molecule has 8 nitrogen and oxygen atoms in total. The third-order valence-corrected chi connectivity index (χ3v) is 1.96. The number of nitrogens with zero attached hydrogens (tertiary/aromatic N) is 2. The number of nitro groups is 1. The van der Waals surface area contributed by atoms with Crippen LogP contribution in [0.5, 0.6) is 0 Å². The summed E-state index contributed by atoms with van der Waals surface area (Å²) in [5.41, 5.74) is 0.0677. The molecule has 0 aliphatic heterocycles. The molecule has 0 aliphatic carbocycles. The van der Waals surface area contributed by atoms with Gasteiger partial charge >= 0.3 is 5.82 Å². The summed E-state index contributed by atoms with van der Waals surface area (Å²) in [6.07, 6.45) is 3.12. The van der Waals surface area contributed by atoms with Crippen LogP contribution >= 0.6 is 0 Å². The van der Waals surface area contributed by atoms with Gasteiger partial charge in [-0.15, -0.1) is 5.10 Å². The topological polar surface area (TPSA) is 121 Å². The molecule has 0 atom stereocenters. The molecule has 0 aliphatic rings. The molecule has 18 heavy (non-hydrogen) atoms. The van der Waals surface area contributed by atoms with Gasteiger partial charge in [-0.3, -0.25) is 4.79 Å². The van der Waals surface area contributed by atoms with Crippen molar-refractivity contribution in [2.45, 2.75) is 13.8 Å². The zero-order chi connectivity index (χ0) is 13.7. The molecular weight excluding hydrogens is 240 g/mol. The summed E-state index contributed by atoms with van der Waals surface area (Å²) in [5.74, 6) is -1.11. The van der Waals surface area contributed by atoms with Crippen molar-refractivity contribution in [2.75, 3.05) is 0 Å². The van der Waals surface area contributed by atoms with Gasteiger partial charge in [0.05, 0.1) is 11.8 Å². The van der Waals surface area contributed by atoms with Gasteiger partial charge in [0.15, 0.2) is 5.69 Å². The van der Waals surface area contributed by atoms with E-state index in [0.717, 1.165) is 6.07 Å². The first-order valence-corrected chi connectivity index (χ1v) is 4.99. The number of aliphatic hydroxyl groups excluding tert-OH is 1. The maximum Gasteiger partial charge on any atom is 0.343 e. The number of aromatic nitrogens is 2. The number of rotatable bonds is 4. The van der Waals surface area contributed by atoms with E-state index in [0.29, 0.717) is 0 Å². The summed E-state index contributed by atoms with van der Waals surface area (Å²) in [7, 11) is 0. The van der Waals surface area contributed by atoms with E-state index in [9.17, 15) is 20.0 Å². The minimum Gasteiger partial charge on any atom is -0.510 e. The third kappa shape index (κ3) is 3.17. The van der Waals surface area contributed by atoms with E-state index in [4.69, 9.17) is 0 Å². The van der Waals surface area contributed by atoms with Crippen LogP contribution in [0.25, 0.3) is 0 Å². The van der Waals surface area contributed by atoms with Crippen LogP contribution in [0.1, 0.15) is 24.3 Å². The Kier molecular flexibility index (Phi) is 4.19. The first kappa shape index (κ1) is 13.4. The average molecular weight is 252 g/mol. The molecule has 1 aromatic rings. The van der Waals surface area contributed by atoms with Gasteiger partial charge < -0.3 is 20.5 Å². The fourth-order valence-electron chi connectivity index (χ4n) is 1.13. The Morgan fingerprint density at radius 3 is 2.78 bits per heavy atom. The van der Waals surface area contributed by atoms with E-state index in [1.807, 2.05) is 0 Å². The van der Waals surface area contributed by atoms with Crippen molar-refractivity contribution in [1.29, 1.82) is 0 Å². The molecule has 0 spiro atoms. The lowest BCUT2D eigenvalue weighted by atomic mass is 10.3. The molecule has 0 saturated carbocycles. The molecule has 0 saturated heterocycles. The maximum absolute atomic E-state index is 11.7. The van der Waals surface area contributed by atoms with Crippen LogP contribution in [0.3, 0.4) is 0 Å². The van der Waals surface area contributed by atoms with Crippen LogP contribution in [0.4, 0.5) is 5.82 Å². The number of nitrogens with one attached hydrogen (secondary N) is 2. The Morgan fingerprint density at radius 2 is 2.33 bits per heavy atom. The van der Waals surface area contributed by atoms with E-state index in [2.05, 4.69) is 15.5 Å². The molecule has 8 heteroatoms. The van der Waals surface area contributed by atoms with E-state index < -0.39 is 10.8 Å². The quantitative estimate of drug-likeness (QED) is 0.324. The lowest BCUT2D eigenvalue weighted by Crippen LogP contribution is -2.23. The SMILES string of the molecule is C/C=C\C(NC(=O)c1cc([N+](=O)[O-])[nH]n1)=C(/C)O. The van der Waals surface area contributed by atoms with Crippen LogP contribution in [-0.2, 0) is 0 Å². The Balaban J connectivity index is 2.88. The number of hydrogen-bond acceptors (Lipinski definition) is 5. The highest BCUT2D eigenvalue weighted by Crippen LogP contribution is 2.09. The number of H-pyrrole nitrogens is 1. The van der Waals surface area contributed by atoms with Gasteiger partial charge in [0.2, 0.25) is 0 Å². The monoisotopic (exact) mass is 252 g/mol. The molecule has 3 N–H and O–H groups in total. The smallest absolute Gasteiger partial charge is 0.343 e. The summed E-state index contributed by atoms with van der Waals surface area (Å²) in [6.45, 7) is 3.12. The molecule has 0 fully saturated rings. The highest BCUT2D eigenvalue weighted by molar-refractivity contribution is 5.94. The Morgan fingerprint density at radius 1 is 1.67 bits per heavy atom. The summed E-state index contributed by atoms with van der Waals surface area (Å²) in [5, 5.41) is 27.7. The molecule has 1 amide bonds. The first-order valence-electron chi connectivity index (χ1n) is 4.99. The molecule has 1 aromatic heterocycles. The van der Waals surface area contributed by atoms with Gasteiger partial charge in [0.1, 0.15) is 5.76 Å². The van der Waals surface area contributed by atoms with E-state index >= 15 is 0 Å². The summed E-state index contributed by atoms with van der Waals surface area (Å²) >= 11 is 0. The lowest BCUT2D eigenvalue weighted by Gasteiger charge is -2.04. The van der Waals surface area contributed by atoms with Crippen molar-refractivity contribution in [2.24, 2.45) is 0 Å². The Bertz CT molecular complexity index is 526. The number of carbonyl (C=O) groups is 1. The maximum atomic E-state index is 11.7. The largest absolute Gasteiger partial charge is 0.510 e. The van der Waals surface area contributed by atoms with Crippen molar-refractivity contribution in [3.63, 3.8) is 0 Å². The summed E-state index contributed by atoms with van der Waals surface area (Å²) in [4.78, 5) is 21.4. The average Bonchev–Trinajstić information content (AvgIpc) is 2.77. The van der Waals surface area contributed by atoms with Crippen LogP contribution in [0.15, 0.2) is 29.7 Å². The zero-order valence-corrected chi connectivity index (χ0v) is 9.80. The van der Waals surface area contributed by atoms with Gasteiger partial charge in [-0.05, 0) is 24.8 Å². The van der Waals surface area contributed by atoms with Crippen LogP contribution in [-0.4, -0.2) is 26.1 Å². The second-order valence-corrected chi connectivity index (χ2v) is 3.35. The predicted molar refractivity (Wildman–Crippen MR) is 62.9 cm³/mol. The van der Waals surface area contributed by atoms with Crippen molar-refractivity contribution in [3.8, 4) is 0 Å². The molecule has 1 heterocycles. The highest BCUT2D eigenvalue weighted by atomic mass is 16.6. The lowest BCUT2D eigenvalue weighted by molar-refractivity contribution is -0.389. The molecule has 0 aromatic carbocycles. The molecule has 96 valence electrons. The second-order valence-electron chi connectivity index (χ2n) is 3.35. The molecule has 0 radical (unpaired) electrons. The molecule has 1 rings (SSSR count). The third-order valence-electron chi connectivity index (χ3n) is 1.96. The normalized spacial score (nSPS) is 12.3. The van der Waals surface area contributed by atoms with Crippen molar-refractivity contribution in [3.05, 3.63) is 45.5 Å². The van der Waals surface area contributed by atoms with Crippen molar-refractivity contribution < 1.29 is 14.8 Å². The van der Waals surface area contributed by atoms with E-state index in [-0.39, 0.29) is 23.0 Å². The summed E-state index contributed by atoms with van der Waals surface area (Å²) in [6, 6.07) is 1.01. The minimum atomic E-state index is -0.691. The number of amides is 1. The zero-order valence-electron chi connectivity index (χ0n) is 9.80. The fraction of sp³-hybridized carbons (Fsp3) is 0.200. The predicted octanol–water partition coefficient (Wildman–Crippen LogP) is 1.41. The van der Waals surface area contributed by atoms with Gasteiger partial charge in [0.25, 0.3) is 5.91 Å². The highest BCUT2D eigenvalue weighted by Gasteiger charge is 2.17. The van der Waals surface area contributed by atoms with Gasteiger partial charge in [-0.2, -0.15) is 0 Å². The summed E-state index contributed by atoms with van der Waals surface area (Å²) < 4.78 is 0. The number of aliphatic hydroxyl groups is 1. The van der Waals surface area contributed by atoms with Crippen molar-refractivity contribution in [1.82, 2.24) is 15.5 Å². The molecule has 0 unspecified atom stereocenters. The van der Waals surface area contributed by atoms with Crippen LogP contribution in [0.2, 0.25) is 0 Å². The Hall–Kier alpha value is -2.64. The number of carbonyl (C=O) groups excluding carboxylic acids is 1. The Labute approximate surface area is 102 Å². The number of aromatic amines is 1. The van der Waals surface area contributed by atoms with E-state index in [1.165, 1.54) is 13.0 Å². The number of hydrogen-bond donors (Lipinski definition) is 3. The molecule has 0 bridgehead atoms. The van der Waals surface area contributed by atoms with E-state index in [1.54, 1.807) is 13.0 Å². The van der Waals surface area contributed by atoms with Crippen molar-refractivity contribution >= 4 is 11.7 Å². The van der Waals surface area contributed by atoms with Crippen LogP contribution in [0, 0.1) is 10.1 Å².